The van der Waals surface area contributed by atoms with Crippen molar-refractivity contribution in [1.29, 1.82) is 0 Å². The van der Waals surface area contributed by atoms with Crippen molar-refractivity contribution < 1.29 is 24.0 Å². The highest BCUT2D eigenvalue weighted by molar-refractivity contribution is 7.81. The number of anilines is 4. The molecule has 4 rings (SSSR count). The van der Waals surface area contributed by atoms with E-state index in [1.807, 2.05) is 0 Å². The largest absolute Gasteiger partial charge is 1.00 e. The van der Waals surface area contributed by atoms with E-state index in [0.29, 0.717) is 0 Å². The van der Waals surface area contributed by atoms with Gasteiger partial charge in [0.25, 0.3) is 0 Å². The minimum atomic E-state index is -2.61. The number of rotatable bonds is 20. The summed E-state index contributed by atoms with van der Waals surface area (Å²) in [5.74, 6) is 0. The minimum absolute atomic E-state index is 0. The highest BCUT2D eigenvalue weighted by Crippen LogP contribution is 2.73. The summed E-state index contributed by atoms with van der Waals surface area (Å²) in [6.07, 6.45) is 9.07. The van der Waals surface area contributed by atoms with E-state index in [1.165, 1.54) is 22.7 Å². The monoisotopic (exact) mass is 750 g/mol. The summed E-state index contributed by atoms with van der Waals surface area (Å²) in [5.41, 5.74) is 5.19. The highest BCUT2D eigenvalue weighted by atomic mass is 127. The van der Waals surface area contributed by atoms with Crippen LogP contribution >= 0.6 is 7.87 Å². The molecule has 0 aromatic heterocycles. The second-order valence-electron chi connectivity index (χ2n) is 11.8. The van der Waals surface area contributed by atoms with E-state index in [0.717, 1.165) is 77.5 Å². The number of nitrogens with zero attached hydrogens (tertiary/aromatic N) is 4. The third-order valence-electron chi connectivity index (χ3n) is 8.41. The molecule has 0 aliphatic rings. The number of hydrogen-bond donors (Lipinski definition) is 0. The first-order valence-electron chi connectivity index (χ1n) is 17.4. The SMILES string of the molecule is CCCCN(c1ccccc1)[P+](N(CCCC)c1ccccc1)(N(CCCC)c1ccccc1)N(CCCC)c1ccccc1.[I-]. The zero-order chi connectivity index (χ0) is 31.7. The van der Waals surface area contributed by atoms with E-state index in [4.69, 9.17) is 0 Å². The summed E-state index contributed by atoms with van der Waals surface area (Å²) in [5, 5.41) is 0. The van der Waals surface area contributed by atoms with Crippen molar-refractivity contribution >= 4 is 30.6 Å². The van der Waals surface area contributed by atoms with Crippen LogP contribution in [-0.4, -0.2) is 26.2 Å². The smallest absolute Gasteiger partial charge is 0.405 e. The molecule has 0 radical (unpaired) electrons. The van der Waals surface area contributed by atoms with Crippen molar-refractivity contribution in [3.63, 3.8) is 0 Å². The van der Waals surface area contributed by atoms with Gasteiger partial charge in [-0.05, 0) is 74.2 Å². The Bertz CT molecular complexity index is 1120. The fourth-order valence-electron chi connectivity index (χ4n) is 6.09. The fourth-order valence-corrected chi connectivity index (χ4v) is 11.1. The maximum atomic E-state index is 2.85. The second kappa shape index (κ2) is 20.5. The van der Waals surface area contributed by atoms with Crippen LogP contribution in [0, 0.1) is 0 Å². The first-order chi connectivity index (χ1) is 22.2. The molecule has 4 nitrogen and oxygen atoms in total. The molecule has 0 fully saturated rings. The normalized spacial score (nSPS) is 11.0. The van der Waals surface area contributed by atoms with Gasteiger partial charge in [0.1, 0.15) is 0 Å². The lowest BCUT2D eigenvalue weighted by atomic mass is 10.3. The Morgan fingerprint density at radius 2 is 0.543 bits per heavy atom. The summed E-state index contributed by atoms with van der Waals surface area (Å²) in [6.45, 7) is 13.2. The number of halogens is 1. The topological polar surface area (TPSA) is 13.0 Å². The number of para-hydroxylation sites is 4. The molecule has 0 aliphatic carbocycles. The Morgan fingerprint density at radius 3 is 0.717 bits per heavy atom. The lowest BCUT2D eigenvalue weighted by Crippen LogP contribution is -3.00. The van der Waals surface area contributed by atoms with Crippen LogP contribution < -0.4 is 42.7 Å². The maximum absolute atomic E-state index is 2.85. The summed E-state index contributed by atoms with van der Waals surface area (Å²) in [6, 6.07) is 45.2. The molecule has 0 atom stereocenters. The molecular formula is C40H56IN4P. The third-order valence-corrected chi connectivity index (χ3v) is 12.7. The van der Waals surface area contributed by atoms with Gasteiger partial charge in [-0.1, -0.05) is 126 Å². The average Bonchev–Trinajstić information content (AvgIpc) is 3.10. The van der Waals surface area contributed by atoms with Crippen LogP contribution in [0.3, 0.4) is 0 Å². The van der Waals surface area contributed by atoms with Crippen molar-refractivity contribution in [2.45, 2.75) is 79.1 Å². The van der Waals surface area contributed by atoms with Gasteiger partial charge in [0.05, 0.1) is 48.9 Å². The molecule has 0 spiro atoms. The molecule has 248 valence electrons. The van der Waals surface area contributed by atoms with Crippen LogP contribution in [0.2, 0.25) is 0 Å². The molecule has 0 heterocycles. The molecule has 0 N–H and O–H groups in total. The molecule has 46 heavy (non-hydrogen) atoms. The van der Waals surface area contributed by atoms with E-state index < -0.39 is 7.87 Å². The fraction of sp³-hybridized carbons (Fsp3) is 0.400. The molecule has 4 aromatic rings. The average molecular weight is 751 g/mol. The molecular weight excluding hydrogens is 694 g/mol. The van der Waals surface area contributed by atoms with Gasteiger partial charge in [-0.2, -0.15) is 18.7 Å². The van der Waals surface area contributed by atoms with Crippen molar-refractivity contribution in [3.05, 3.63) is 121 Å². The number of unbranched alkanes of at least 4 members (excludes halogenated alkanes) is 4. The van der Waals surface area contributed by atoms with Gasteiger partial charge in [-0.25, -0.2) is 0 Å². The van der Waals surface area contributed by atoms with Crippen LogP contribution in [0.5, 0.6) is 0 Å². The van der Waals surface area contributed by atoms with Crippen LogP contribution in [0.1, 0.15) is 79.1 Å². The summed E-state index contributed by atoms with van der Waals surface area (Å²) < 4.78 is 11.4. The minimum Gasteiger partial charge on any atom is -1.00 e. The van der Waals surface area contributed by atoms with Crippen molar-refractivity contribution in [1.82, 2.24) is 0 Å². The van der Waals surface area contributed by atoms with Crippen LogP contribution in [0.4, 0.5) is 22.7 Å². The highest BCUT2D eigenvalue weighted by Gasteiger charge is 2.63. The number of benzene rings is 4. The van der Waals surface area contributed by atoms with Gasteiger partial charge >= 0.3 is 7.87 Å². The summed E-state index contributed by atoms with van der Waals surface area (Å²) >= 11 is 0. The Kier molecular flexibility index (Phi) is 16.8. The van der Waals surface area contributed by atoms with E-state index in [2.05, 4.69) is 168 Å². The Labute approximate surface area is 298 Å². The number of hydrogen-bond acceptors (Lipinski definition) is 4. The maximum Gasteiger partial charge on any atom is 0.405 e. The zero-order valence-electron chi connectivity index (χ0n) is 28.6. The molecule has 0 amide bonds. The van der Waals surface area contributed by atoms with Crippen molar-refractivity contribution in [3.8, 4) is 0 Å². The van der Waals surface area contributed by atoms with Crippen LogP contribution in [0.25, 0.3) is 0 Å². The van der Waals surface area contributed by atoms with Gasteiger partial charge in [0.15, 0.2) is 0 Å². The first-order valence-corrected chi connectivity index (χ1v) is 19.0. The van der Waals surface area contributed by atoms with Gasteiger partial charge in [-0.15, -0.1) is 0 Å². The van der Waals surface area contributed by atoms with E-state index in [-0.39, 0.29) is 24.0 Å². The first kappa shape index (κ1) is 37.7. The van der Waals surface area contributed by atoms with Crippen LogP contribution in [0.15, 0.2) is 121 Å². The van der Waals surface area contributed by atoms with Crippen molar-refractivity contribution in [2.75, 3.05) is 44.9 Å². The summed E-state index contributed by atoms with van der Waals surface area (Å²) in [4.78, 5) is 0. The second-order valence-corrected chi connectivity index (χ2v) is 14.8. The van der Waals surface area contributed by atoms with E-state index in [9.17, 15) is 0 Å². The van der Waals surface area contributed by atoms with Crippen LogP contribution in [-0.2, 0) is 0 Å². The third kappa shape index (κ3) is 9.19. The Morgan fingerprint density at radius 1 is 0.348 bits per heavy atom. The van der Waals surface area contributed by atoms with Crippen molar-refractivity contribution in [2.24, 2.45) is 0 Å². The van der Waals surface area contributed by atoms with E-state index in [1.54, 1.807) is 0 Å². The van der Waals surface area contributed by atoms with Gasteiger partial charge in [0, 0.05) is 0 Å². The predicted octanol–water partition coefficient (Wildman–Crippen LogP) is 8.89. The predicted molar refractivity (Wildman–Crippen MR) is 202 cm³/mol. The Hall–Kier alpha value is -2.76. The van der Waals surface area contributed by atoms with Gasteiger partial charge in [0.2, 0.25) is 0 Å². The van der Waals surface area contributed by atoms with E-state index >= 15 is 0 Å². The molecule has 6 heteroatoms. The standard InChI is InChI=1S/C40H56N4P.HI/c1-5-9-33-41(37-25-17-13-18-26-37)45(42(34-10-6-2)38-27-19-14-20-28-38,43(35-11-7-3)39-29-21-15-22-30-39)44(36-12-8-4)40-31-23-16-24-32-40;/h13-32H,5-12,33-36H2,1-4H3;1H/q+1;/p-1. The van der Waals surface area contributed by atoms with Gasteiger partial charge in [-0.3, -0.25) is 0 Å². The molecule has 0 aliphatic heterocycles. The lowest BCUT2D eigenvalue weighted by Gasteiger charge is -2.53. The molecule has 0 saturated heterocycles. The molecule has 0 saturated carbocycles. The molecule has 4 aromatic carbocycles. The molecule has 0 bridgehead atoms. The summed E-state index contributed by atoms with van der Waals surface area (Å²) in [7, 11) is -2.61. The molecule has 0 unspecified atom stereocenters. The Balaban J connectivity index is 0.00000576. The van der Waals surface area contributed by atoms with Gasteiger partial charge < -0.3 is 24.0 Å². The lowest BCUT2D eigenvalue weighted by molar-refractivity contribution is -0.00000926. The zero-order valence-corrected chi connectivity index (χ0v) is 31.7. The quantitative estimate of drug-likeness (QED) is 0.0661.